The van der Waals surface area contributed by atoms with Crippen LogP contribution in [-0.4, -0.2) is 70.4 Å². The second kappa shape index (κ2) is 10.1. The van der Waals surface area contributed by atoms with E-state index in [1.54, 1.807) is 6.07 Å². The van der Waals surface area contributed by atoms with E-state index in [1.165, 1.54) is 36.0 Å². The summed E-state index contributed by atoms with van der Waals surface area (Å²) in [5, 5.41) is 3.14. The Kier molecular flexibility index (Phi) is 7.64. The molecule has 4 rings (SSSR count). The number of carbonyl (C=O) groups excluding carboxylic acids is 1. The number of carbonyl (C=O) groups is 1. The number of halogens is 4. The van der Waals surface area contributed by atoms with Gasteiger partial charge in [-0.25, -0.2) is 13.2 Å². The van der Waals surface area contributed by atoms with E-state index >= 15 is 0 Å². The highest BCUT2D eigenvalue weighted by Crippen LogP contribution is 2.40. The van der Waals surface area contributed by atoms with Crippen LogP contribution in [-0.2, 0) is 26.2 Å². The van der Waals surface area contributed by atoms with Crippen molar-refractivity contribution in [2.75, 3.05) is 24.7 Å². The predicted octanol–water partition coefficient (Wildman–Crippen LogP) is 3.38. The molecule has 8 nitrogen and oxygen atoms in total. The third-order valence-electron chi connectivity index (χ3n) is 5.76. The molecule has 2 aromatic rings. The van der Waals surface area contributed by atoms with Gasteiger partial charge in [0.15, 0.2) is 0 Å². The van der Waals surface area contributed by atoms with Crippen molar-refractivity contribution in [3.05, 3.63) is 66.2 Å². The first kappa shape index (κ1) is 27.2. The van der Waals surface area contributed by atoms with Crippen LogP contribution in [0.4, 0.5) is 13.2 Å². The summed E-state index contributed by atoms with van der Waals surface area (Å²) in [7, 11) is -4.78. The molecule has 0 bridgehead atoms. The number of sulfonamides is 1. The predicted molar refractivity (Wildman–Crippen MR) is 129 cm³/mol. The van der Waals surface area contributed by atoms with Gasteiger partial charge in [0.2, 0.25) is 5.79 Å². The van der Waals surface area contributed by atoms with Crippen LogP contribution in [0.15, 0.2) is 65.6 Å². The molecule has 1 N–H and O–H groups in total. The maximum atomic E-state index is 13.6. The maximum absolute atomic E-state index is 13.6. The van der Waals surface area contributed by atoms with Gasteiger partial charge in [0.05, 0.1) is 10.8 Å². The number of alkyl halides is 3. The van der Waals surface area contributed by atoms with Crippen molar-refractivity contribution in [3.8, 4) is 0 Å². The van der Waals surface area contributed by atoms with Crippen LogP contribution in [0.3, 0.4) is 0 Å². The van der Waals surface area contributed by atoms with Gasteiger partial charge in [-0.05, 0) is 36.4 Å². The molecule has 0 radical (unpaired) electrons. The van der Waals surface area contributed by atoms with Crippen molar-refractivity contribution in [1.29, 1.82) is 0 Å². The molecule has 196 valence electrons. The summed E-state index contributed by atoms with van der Waals surface area (Å²) in [5.74, 6) is -4.67. The van der Waals surface area contributed by atoms with Crippen LogP contribution in [0.2, 0.25) is 0 Å². The highest BCUT2D eigenvalue weighted by molar-refractivity contribution is 7.99. The van der Waals surface area contributed by atoms with E-state index in [1.807, 2.05) is 37.3 Å². The monoisotopic (exact) mass is 564 g/mol. The van der Waals surface area contributed by atoms with Crippen molar-refractivity contribution in [1.82, 2.24) is 19.1 Å². The number of nitrogens with one attached hydrogen (secondary N) is 1. The van der Waals surface area contributed by atoms with E-state index in [9.17, 15) is 26.4 Å². The van der Waals surface area contributed by atoms with Crippen LogP contribution in [0, 0.1) is 0 Å². The molecule has 2 aromatic carbocycles. The second-order valence-corrected chi connectivity index (χ2v) is 12.0. The molecular weight excluding hydrogens is 541 g/mol. The summed E-state index contributed by atoms with van der Waals surface area (Å²) in [4.78, 5) is 18.2. The Hall–Kier alpha value is -1.87. The number of hydroxylamine groups is 1. The highest BCUT2D eigenvalue weighted by atomic mass is 35.5. The molecule has 2 aliphatic rings. The number of thioether (sulfide) groups is 1. The fourth-order valence-corrected chi connectivity index (χ4v) is 7.46. The van der Waals surface area contributed by atoms with Crippen molar-refractivity contribution >= 4 is 39.5 Å². The van der Waals surface area contributed by atoms with Gasteiger partial charge in [0.25, 0.3) is 10.0 Å². The van der Waals surface area contributed by atoms with E-state index in [2.05, 4.69) is 15.1 Å². The number of benzene rings is 2. The van der Waals surface area contributed by atoms with Gasteiger partial charge in [-0.3, -0.25) is 10.2 Å². The van der Waals surface area contributed by atoms with Gasteiger partial charge in [0.1, 0.15) is 0 Å². The number of rotatable bonds is 8. The number of hydrogen-bond acceptors (Lipinski definition) is 8. The van der Waals surface area contributed by atoms with E-state index in [0.717, 1.165) is 9.98 Å². The van der Waals surface area contributed by atoms with Gasteiger partial charge in [-0.15, -0.1) is 11.8 Å². The lowest BCUT2D eigenvalue weighted by atomic mass is 9.90. The topological polar surface area (TPSA) is 82.2 Å². The summed E-state index contributed by atoms with van der Waals surface area (Å²) in [6, 6.07) is 16.5. The molecule has 2 heterocycles. The second-order valence-electron chi connectivity index (χ2n) is 8.89. The molecule has 2 fully saturated rings. The van der Waals surface area contributed by atoms with E-state index in [4.69, 9.17) is 11.8 Å². The first-order valence-corrected chi connectivity index (χ1v) is 13.8. The largest absolute Gasteiger partial charge is 0.492 e. The van der Waals surface area contributed by atoms with Crippen LogP contribution < -0.4 is 5.32 Å². The summed E-state index contributed by atoms with van der Waals surface area (Å²) in [6.07, 6.45) is -5.43. The first-order valence-electron chi connectivity index (χ1n) is 10.8. The van der Waals surface area contributed by atoms with Crippen molar-refractivity contribution in [2.45, 2.75) is 35.9 Å². The third kappa shape index (κ3) is 5.52. The third-order valence-corrected chi connectivity index (χ3v) is 9.03. The minimum absolute atomic E-state index is 0.0722. The fraction of sp³-hybridized carbons (Fsp3) is 0.409. The first-order chi connectivity index (χ1) is 16.9. The maximum Gasteiger partial charge on any atom is 0.492 e. The van der Waals surface area contributed by atoms with Crippen LogP contribution in [0.25, 0.3) is 0 Å². The van der Waals surface area contributed by atoms with Crippen LogP contribution in [0.5, 0.6) is 0 Å². The Labute approximate surface area is 216 Å². The van der Waals surface area contributed by atoms with E-state index in [-0.39, 0.29) is 21.0 Å². The number of nitrogens with zero attached hydrogens (tertiary/aromatic N) is 3. The molecule has 2 saturated heterocycles. The zero-order valence-corrected chi connectivity index (χ0v) is 21.5. The average molecular weight is 565 g/mol. The van der Waals surface area contributed by atoms with Crippen molar-refractivity contribution < 1.29 is 31.2 Å². The standard InChI is InChI=1S/C22H24ClF3N4O4S2/c1-20(13-28(14-20)12-17-8-4-2-5-9-17)27-21(15-35-16-29(21)23)30(34-19(31)22(24,25)26)36(32,33)18-10-6-3-7-11-18/h2-11,27H,12-16H2,1H3. The Morgan fingerprint density at radius 3 is 2.25 bits per heavy atom. The molecule has 0 aromatic heterocycles. The molecular formula is C22H24ClF3N4O4S2. The number of hydrogen-bond donors (Lipinski definition) is 1. The summed E-state index contributed by atoms with van der Waals surface area (Å²) in [5.41, 5.74) is 0.332. The van der Waals surface area contributed by atoms with E-state index < -0.39 is 33.5 Å². The summed E-state index contributed by atoms with van der Waals surface area (Å²) >= 11 is 7.61. The molecule has 1 unspecified atom stereocenters. The lowest BCUT2D eigenvalue weighted by Crippen LogP contribution is -2.78. The minimum Gasteiger partial charge on any atom is -0.342 e. The van der Waals surface area contributed by atoms with E-state index in [0.29, 0.717) is 19.6 Å². The Morgan fingerprint density at radius 1 is 1.14 bits per heavy atom. The molecule has 0 saturated carbocycles. The Morgan fingerprint density at radius 2 is 1.72 bits per heavy atom. The molecule has 0 amide bonds. The van der Waals surface area contributed by atoms with Crippen LogP contribution in [0.1, 0.15) is 12.5 Å². The zero-order chi connectivity index (χ0) is 26.2. The minimum atomic E-state index is -5.43. The highest BCUT2D eigenvalue weighted by Gasteiger charge is 2.60. The quantitative estimate of drug-likeness (QED) is 0.297. The lowest BCUT2D eigenvalue weighted by Gasteiger charge is -2.54. The van der Waals surface area contributed by atoms with Crippen LogP contribution >= 0.6 is 23.5 Å². The lowest BCUT2D eigenvalue weighted by molar-refractivity contribution is -0.246. The SMILES string of the molecule is CC1(NC2(N(OC(=O)C(F)(F)F)S(=O)(=O)c3ccccc3)CSCN2Cl)CN(Cc2ccccc2)C1. The zero-order valence-electron chi connectivity index (χ0n) is 19.1. The normalized spacial score (nSPS) is 22.9. The smallest absolute Gasteiger partial charge is 0.342 e. The summed E-state index contributed by atoms with van der Waals surface area (Å²) < 4.78 is 67.8. The van der Waals surface area contributed by atoms with Gasteiger partial charge in [0, 0.05) is 35.4 Å². The van der Waals surface area contributed by atoms with Gasteiger partial charge in [-0.2, -0.15) is 17.6 Å². The summed E-state index contributed by atoms with van der Waals surface area (Å²) in [6.45, 7) is 3.35. The molecule has 1 atom stereocenters. The van der Waals surface area contributed by atoms with Crippen molar-refractivity contribution in [2.24, 2.45) is 0 Å². The molecule has 2 aliphatic heterocycles. The fourth-order valence-electron chi connectivity index (χ4n) is 4.32. The van der Waals surface area contributed by atoms with Gasteiger partial charge >= 0.3 is 12.1 Å². The number of likely N-dealkylation sites (tertiary alicyclic amines) is 1. The molecule has 0 aliphatic carbocycles. The molecule has 0 spiro atoms. The van der Waals surface area contributed by atoms with Gasteiger partial charge < -0.3 is 4.84 Å². The van der Waals surface area contributed by atoms with Crippen molar-refractivity contribution in [3.63, 3.8) is 0 Å². The average Bonchev–Trinajstić information content (AvgIpc) is 3.16. The Bertz CT molecular complexity index is 1180. The molecule has 36 heavy (non-hydrogen) atoms. The van der Waals surface area contributed by atoms with Gasteiger partial charge in [-0.1, -0.05) is 48.5 Å². The Balaban J connectivity index is 1.66. The molecule has 14 heteroatoms.